The van der Waals surface area contributed by atoms with Gasteiger partial charge in [0, 0.05) is 10.4 Å². The van der Waals surface area contributed by atoms with Gasteiger partial charge in [-0.3, -0.25) is 9.59 Å². The minimum atomic E-state index is -0.995. The van der Waals surface area contributed by atoms with Gasteiger partial charge in [0.2, 0.25) is 0 Å². The summed E-state index contributed by atoms with van der Waals surface area (Å²) in [6.45, 7) is 4.07. The highest BCUT2D eigenvalue weighted by Crippen LogP contribution is 2.40. The highest BCUT2D eigenvalue weighted by molar-refractivity contribution is 7.17. The summed E-state index contributed by atoms with van der Waals surface area (Å²) in [7, 11) is 0. The maximum atomic E-state index is 12.6. The molecule has 2 amide bonds. The third kappa shape index (κ3) is 4.79. The van der Waals surface area contributed by atoms with Crippen molar-refractivity contribution in [2.24, 2.45) is 11.0 Å². The van der Waals surface area contributed by atoms with E-state index in [4.69, 9.17) is 4.74 Å². The molecule has 9 heteroatoms. The lowest BCUT2D eigenvalue weighted by Gasteiger charge is -2.18. The van der Waals surface area contributed by atoms with E-state index in [0.717, 1.165) is 40.5 Å². The Morgan fingerprint density at radius 2 is 2.00 bits per heavy atom. The Morgan fingerprint density at radius 1 is 1.21 bits per heavy atom. The van der Waals surface area contributed by atoms with Gasteiger partial charge in [0.1, 0.15) is 10.8 Å². The van der Waals surface area contributed by atoms with Gasteiger partial charge in [-0.25, -0.2) is 10.2 Å². The smallest absolute Gasteiger partial charge is 0.341 e. The predicted octanol–water partition coefficient (Wildman–Crippen LogP) is 4.00. The lowest BCUT2D eigenvalue weighted by Crippen LogP contribution is -2.32. The minimum Gasteiger partial charge on any atom is -0.507 e. The van der Waals surface area contributed by atoms with Gasteiger partial charge in [-0.05, 0) is 54.5 Å². The number of rotatable bonds is 5. The van der Waals surface area contributed by atoms with E-state index in [9.17, 15) is 19.5 Å². The van der Waals surface area contributed by atoms with E-state index in [1.54, 1.807) is 13.0 Å². The van der Waals surface area contributed by atoms with Crippen LogP contribution in [0, 0.1) is 5.92 Å². The first-order chi connectivity index (χ1) is 16.4. The van der Waals surface area contributed by atoms with E-state index in [0.29, 0.717) is 22.0 Å². The Hall–Kier alpha value is -3.72. The van der Waals surface area contributed by atoms with Crippen LogP contribution in [0.5, 0.6) is 5.75 Å². The summed E-state index contributed by atoms with van der Waals surface area (Å²) >= 11 is 1.31. The van der Waals surface area contributed by atoms with Crippen LogP contribution in [0.25, 0.3) is 10.8 Å². The molecule has 3 aromatic rings. The summed E-state index contributed by atoms with van der Waals surface area (Å²) in [5, 5.41) is 18.5. The van der Waals surface area contributed by atoms with Crippen molar-refractivity contribution in [2.45, 2.75) is 33.1 Å². The second-order valence-corrected chi connectivity index (χ2v) is 9.25. The van der Waals surface area contributed by atoms with Crippen molar-refractivity contribution < 1.29 is 24.2 Å². The molecule has 0 fully saturated rings. The molecule has 1 aromatic heterocycles. The molecule has 0 spiro atoms. The Bertz CT molecular complexity index is 1300. The van der Waals surface area contributed by atoms with Gasteiger partial charge >= 0.3 is 17.8 Å². The summed E-state index contributed by atoms with van der Waals surface area (Å²) in [6, 6.07) is 10.7. The molecule has 0 unspecified atom stereocenters. The zero-order chi connectivity index (χ0) is 24.2. The average Bonchev–Trinajstić information content (AvgIpc) is 3.17. The fourth-order valence-electron chi connectivity index (χ4n) is 4.04. The van der Waals surface area contributed by atoms with Crippen LogP contribution >= 0.6 is 11.3 Å². The molecule has 2 aromatic carbocycles. The zero-order valence-electron chi connectivity index (χ0n) is 18.9. The quantitative estimate of drug-likeness (QED) is 0.221. The highest BCUT2D eigenvalue weighted by atomic mass is 32.1. The van der Waals surface area contributed by atoms with Gasteiger partial charge in [-0.2, -0.15) is 5.10 Å². The maximum Gasteiger partial charge on any atom is 0.341 e. The number of phenolic OH excluding ortho intramolecular Hbond substituents is 1. The number of hydrogen-bond acceptors (Lipinski definition) is 7. The molecular weight excluding hydrogens is 454 g/mol. The number of nitrogens with zero attached hydrogens (tertiary/aromatic N) is 1. The largest absolute Gasteiger partial charge is 0.507 e. The number of esters is 1. The van der Waals surface area contributed by atoms with Gasteiger partial charge in [0.25, 0.3) is 0 Å². The molecular formula is C25H25N3O5S. The van der Waals surface area contributed by atoms with Crippen LogP contribution in [-0.2, 0) is 27.2 Å². The van der Waals surface area contributed by atoms with E-state index >= 15 is 0 Å². The summed E-state index contributed by atoms with van der Waals surface area (Å²) in [5.41, 5.74) is 3.82. The highest BCUT2D eigenvalue weighted by Gasteiger charge is 2.30. The lowest BCUT2D eigenvalue weighted by molar-refractivity contribution is -0.136. The normalized spacial score (nSPS) is 15.2. The second kappa shape index (κ2) is 10.0. The molecule has 1 aliphatic rings. The number of hydrogen-bond donors (Lipinski definition) is 3. The first-order valence-electron chi connectivity index (χ1n) is 11.1. The van der Waals surface area contributed by atoms with E-state index in [2.05, 4.69) is 22.8 Å². The third-order valence-electron chi connectivity index (χ3n) is 5.73. The van der Waals surface area contributed by atoms with Crippen molar-refractivity contribution in [1.82, 2.24) is 5.43 Å². The topological polar surface area (TPSA) is 117 Å². The van der Waals surface area contributed by atoms with Crippen LogP contribution in [0.4, 0.5) is 5.00 Å². The van der Waals surface area contributed by atoms with Gasteiger partial charge in [-0.15, -0.1) is 11.3 Å². The van der Waals surface area contributed by atoms with Gasteiger partial charge in [0.05, 0.1) is 18.4 Å². The van der Waals surface area contributed by atoms with Gasteiger partial charge in [-0.1, -0.05) is 37.3 Å². The average molecular weight is 480 g/mol. The molecule has 0 aliphatic heterocycles. The molecule has 176 valence electrons. The SMILES string of the molecule is CCOC(=O)c1c(NC(=O)C(=O)N/N=C\c2c(O)ccc3ccccc23)sc2c1CC[C@H](C)C2. The number of aromatic hydroxyl groups is 1. The Kier molecular flexibility index (Phi) is 6.93. The number of ether oxygens (including phenoxy) is 1. The number of anilines is 1. The molecule has 1 heterocycles. The monoisotopic (exact) mass is 479 g/mol. The van der Waals surface area contributed by atoms with Crippen molar-refractivity contribution >= 4 is 51.1 Å². The first-order valence-corrected chi connectivity index (χ1v) is 11.9. The van der Waals surface area contributed by atoms with Crippen LogP contribution in [0.1, 0.15) is 46.6 Å². The van der Waals surface area contributed by atoms with Crippen molar-refractivity contribution in [2.75, 3.05) is 11.9 Å². The maximum absolute atomic E-state index is 12.6. The van der Waals surface area contributed by atoms with Crippen molar-refractivity contribution in [1.29, 1.82) is 0 Å². The standard InChI is InChI=1S/C25H25N3O5S/c1-3-33-25(32)21-17-10-8-14(2)12-20(17)34-24(21)27-22(30)23(31)28-26-13-18-16-7-5-4-6-15(16)9-11-19(18)29/h4-7,9,11,13-14,29H,3,8,10,12H2,1-2H3,(H,27,30)(H,28,31)/b26-13-/t14-/m0/s1. The fourth-order valence-corrected chi connectivity index (χ4v) is 5.44. The number of benzene rings is 2. The number of hydrazone groups is 1. The molecule has 4 rings (SSSR count). The summed E-state index contributed by atoms with van der Waals surface area (Å²) in [5.74, 6) is -1.97. The Morgan fingerprint density at radius 3 is 2.79 bits per heavy atom. The van der Waals surface area contributed by atoms with E-state index in [1.807, 2.05) is 24.3 Å². The van der Waals surface area contributed by atoms with Gasteiger partial charge < -0.3 is 15.2 Å². The summed E-state index contributed by atoms with van der Waals surface area (Å²) in [6.07, 6.45) is 3.77. The van der Waals surface area contributed by atoms with Gasteiger partial charge in [0.15, 0.2) is 0 Å². The van der Waals surface area contributed by atoms with Crippen LogP contribution in [0.2, 0.25) is 0 Å². The number of carbonyl (C=O) groups excluding carboxylic acids is 3. The molecule has 1 atom stereocenters. The molecule has 1 aliphatic carbocycles. The number of nitrogens with one attached hydrogen (secondary N) is 2. The van der Waals surface area contributed by atoms with Crippen molar-refractivity contribution in [3.05, 3.63) is 58.0 Å². The van der Waals surface area contributed by atoms with Crippen LogP contribution < -0.4 is 10.7 Å². The molecule has 0 saturated heterocycles. The Labute approximate surface area is 200 Å². The zero-order valence-corrected chi connectivity index (χ0v) is 19.7. The Balaban J connectivity index is 1.50. The van der Waals surface area contributed by atoms with Crippen LogP contribution in [-0.4, -0.2) is 35.7 Å². The molecule has 8 nitrogen and oxygen atoms in total. The molecule has 34 heavy (non-hydrogen) atoms. The number of thiophene rings is 1. The number of fused-ring (bicyclic) bond motifs is 2. The third-order valence-corrected chi connectivity index (χ3v) is 6.90. The number of phenols is 1. The van der Waals surface area contributed by atoms with E-state index in [-0.39, 0.29) is 12.4 Å². The van der Waals surface area contributed by atoms with Crippen LogP contribution in [0.3, 0.4) is 0 Å². The van der Waals surface area contributed by atoms with Crippen LogP contribution in [0.15, 0.2) is 41.5 Å². The van der Waals surface area contributed by atoms with E-state index < -0.39 is 17.8 Å². The molecule has 0 saturated carbocycles. The molecule has 0 radical (unpaired) electrons. The molecule has 3 N–H and O–H groups in total. The first kappa shape index (κ1) is 23.4. The van der Waals surface area contributed by atoms with Crippen molar-refractivity contribution in [3.63, 3.8) is 0 Å². The minimum absolute atomic E-state index is 0.00127. The molecule has 0 bridgehead atoms. The summed E-state index contributed by atoms with van der Waals surface area (Å²) in [4.78, 5) is 38.5. The fraction of sp³-hybridized carbons (Fsp3) is 0.280. The number of carbonyl (C=O) groups is 3. The predicted molar refractivity (Wildman–Crippen MR) is 131 cm³/mol. The summed E-state index contributed by atoms with van der Waals surface area (Å²) < 4.78 is 5.19. The van der Waals surface area contributed by atoms with Crippen molar-refractivity contribution in [3.8, 4) is 5.75 Å². The second-order valence-electron chi connectivity index (χ2n) is 8.15. The van der Waals surface area contributed by atoms with E-state index in [1.165, 1.54) is 23.6 Å². The number of amides is 2. The lowest BCUT2D eigenvalue weighted by atomic mass is 9.88.